The summed E-state index contributed by atoms with van der Waals surface area (Å²) in [5.74, 6) is -0.246. The zero-order valence-corrected chi connectivity index (χ0v) is 8.44. The van der Waals surface area contributed by atoms with Gasteiger partial charge in [0.25, 0.3) is 0 Å². The molecule has 0 saturated carbocycles. The molecular formula is C11H12FN3. The SMILES string of the molecule is Cn1cc(CN)c(-c2ccc(F)cc2)n1. The summed E-state index contributed by atoms with van der Waals surface area (Å²) in [6, 6.07) is 6.25. The van der Waals surface area contributed by atoms with E-state index < -0.39 is 0 Å². The molecule has 2 N–H and O–H groups in total. The fraction of sp³-hybridized carbons (Fsp3) is 0.182. The lowest BCUT2D eigenvalue weighted by atomic mass is 10.1. The molecule has 0 atom stereocenters. The van der Waals surface area contributed by atoms with E-state index in [-0.39, 0.29) is 5.82 Å². The normalized spacial score (nSPS) is 10.6. The van der Waals surface area contributed by atoms with E-state index in [2.05, 4.69) is 5.10 Å². The van der Waals surface area contributed by atoms with Crippen LogP contribution in [0, 0.1) is 5.82 Å². The third-order valence-electron chi connectivity index (χ3n) is 2.24. The molecule has 0 saturated heterocycles. The second kappa shape index (κ2) is 3.82. The molecule has 1 aromatic heterocycles. The van der Waals surface area contributed by atoms with Gasteiger partial charge in [0, 0.05) is 30.9 Å². The third kappa shape index (κ3) is 1.89. The van der Waals surface area contributed by atoms with Crippen LogP contribution in [0.4, 0.5) is 4.39 Å². The van der Waals surface area contributed by atoms with Crippen molar-refractivity contribution in [2.75, 3.05) is 0 Å². The number of aromatic nitrogens is 2. The van der Waals surface area contributed by atoms with Crippen LogP contribution in [0.5, 0.6) is 0 Å². The molecule has 78 valence electrons. The molecule has 2 rings (SSSR count). The van der Waals surface area contributed by atoms with Crippen molar-refractivity contribution in [3.8, 4) is 11.3 Å². The van der Waals surface area contributed by atoms with E-state index in [9.17, 15) is 4.39 Å². The maximum Gasteiger partial charge on any atom is 0.123 e. The summed E-state index contributed by atoms with van der Waals surface area (Å²) >= 11 is 0. The second-order valence-corrected chi connectivity index (χ2v) is 3.39. The standard InChI is InChI=1S/C11H12FN3/c1-15-7-9(6-13)11(14-15)8-2-4-10(12)5-3-8/h2-5,7H,6,13H2,1H3. The highest BCUT2D eigenvalue weighted by atomic mass is 19.1. The van der Waals surface area contributed by atoms with Crippen molar-refractivity contribution >= 4 is 0 Å². The van der Waals surface area contributed by atoms with Crippen LogP contribution >= 0.6 is 0 Å². The van der Waals surface area contributed by atoms with Crippen LogP contribution < -0.4 is 5.73 Å². The van der Waals surface area contributed by atoms with Crippen molar-refractivity contribution in [3.05, 3.63) is 41.8 Å². The van der Waals surface area contributed by atoms with Crippen LogP contribution in [0.3, 0.4) is 0 Å². The fourth-order valence-corrected chi connectivity index (χ4v) is 1.54. The van der Waals surface area contributed by atoms with Gasteiger partial charge >= 0.3 is 0 Å². The number of nitrogens with two attached hydrogens (primary N) is 1. The van der Waals surface area contributed by atoms with Crippen LogP contribution in [0.25, 0.3) is 11.3 Å². The molecule has 1 heterocycles. The summed E-state index contributed by atoms with van der Waals surface area (Å²) in [7, 11) is 1.84. The molecule has 0 unspecified atom stereocenters. The average molecular weight is 205 g/mol. The highest BCUT2D eigenvalue weighted by molar-refractivity contribution is 5.62. The number of halogens is 1. The highest BCUT2D eigenvalue weighted by Gasteiger charge is 2.08. The van der Waals surface area contributed by atoms with Crippen molar-refractivity contribution in [3.63, 3.8) is 0 Å². The Labute approximate surface area is 87.3 Å². The Kier molecular flexibility index (Phi) is 2.51. The largest absolute Gasteiger partial charge is 0.326 e. The van der Waals surface area contributed by atoms with Gasteiger partial charge in [0.05, 0.1) is 5.69 Å². The molecule has 0 spiro atoms. The Bertz CT molecular complexity index is 459. The molecule has 15 heavy (non-hydrogen) atoms. The maximum absolute atomic E-state index is 12.7. The topological polar surface area (TPSA) is 43.8 Å². The molecule has 0 aliphatic heterocycles. The lowest BCUT2D eigenvalue weighted by molar-refractivity contribution is 0.628. The Morgan fingerprint density at radius 3 is 2.60 bits per heavy atom. The molecule has 0 fully saturated rings. The number of aryl methyl sites for hydroxylation is 1. The van der Waals surface area contributed by atoms with Gasteiger partial charge in [0.1, 0.15) is 5.82 Å². The number of rotatable bonds is 2. The third-order valence-corrected chi connectivity index (χ3v) is 2.24. The summed E-state index contributed by atoms with van der Waals surface area (Å²) in [6.07, 6.45) is 1.87. The first-order valence-corrected chi connectivity index (χ1v) is 4.69. The van der Waals surface area contributed by atoms with Gasteiger partial charge in [-0.15, -0.1) is 0 Å². The summed E-state index contributed by atoms with van der Waals surface area (Å²) in [6.45, 7) is 0.431. The number of benzene rings is 1. The Balaban J connectivity index is 2.48. The first-order valence-electron chi connectivity index (χ1n) is 4.69. The lowest BCUT2D eigenvalue weighted by Gasteiger charge is -1.99. The maximum atomic E-state index is 12.7. The van der Waals surface area contributed by atoms with Crippen molar-refractivity contribution in [2.45, 2.75) is 6.54 Å². The number of nitrogens with zero attached hydrogens (tertiary/aromatic N) is 2. The van der Waals surface area contributed by atoms with Crippen LogP contribution in [0.1, 0.15) is 5.56 Å². The van der Waals surface area contributed by atoms with Gasteiger partial charge in [-0.05, 0) is 24.3 Å². The van der Waals surface area contributed by atoms with Gasteiger partial charge in [-0.2, -0.15) is 5.10 Å². The molecule has 0 aliphatic rings. The van der Waals surface area contributed by atoms with Crippen molar-refractivity contribution in [1.82, 2.24) is 9.78 Å². The number of hydrogen-bond donors (Lipinski definition) is 1. The predicted octanol–water partition coefficient (Wildman–Crippen LogP) is 1.68. The number of hydrogen-bond acceptors (Lipinski definition) is 2. The van der Waals surface area contributed by atoms with E-state index in [0.29, 0.717) is 6.54 Å². The molecule has 0 radical (unpaired) electrons. The monoisotopic (exact) mass is 205 g/mol. The van der Waals surface area contributed by atoms with Crippen LogP contribution in [0.2, 0.25) is 0 Å². The van der Waals surface area contributed by atoms with E-state index in [0.717, 1.165) is 16.8 Å². The Morgan fingerprint density at radius 1 is 1.33 bits per heavy atom. The van der Waals surface area contributed by atoms with Crippen LogP contribution in [-0.2, 0) is 13.6 Å². The van der Waals surface area contributed by atoms with E-state index in [4.69, 9.17) is 5.73 Å². The molecule has 0 amide bonds. The van der Waals surface area contributed by atoms with Gasteiger partial charge in [-0.3, -0.25) is 4.68 Å². The molecule has 1 aromatic carbocycles. The molecule has 0 aliphatic carbocycles. The average Bonchev–Trinajstić information content (AvgIpc) is 2.61. The van der Waals surface area contributed by atoms with E-state index in [1.54, 1.807) is 16.8 Å². The van der Waals surface area contributed by atoms with Gasteiger partial charge in [-0.1, -0.05) is 0 Å². The predicted molar refractivity (Wildman–Crippen MR) is 56.5 cm³/mol. The smallest absolute Gasteiger partial charge is 0.123 e. The summed E-state index contributed by atoms with van der Waals surface area (Å²) in [5, 5.41) is 4.30. The Morgan fingerprint density at radius 2 is 2.00 bits per heavy atom. The first-order chi connectivity index (χ1) is 7.20. The molecule has 0 bridgehead atoms. The van der Waals surface area contributed by atoms with Gasteiger partial charge in [-0.25, -0.2) is 4.39 Å². The van der Waals surface area contributed by atoms with Gasteiger partial charge in [0.15, 0.2) is 0 Å². The van der Waals surface area contributed by atoms with Crippen LogP contribution in [-0.4, -0.2) is 9.78 Å². The zero-order valence-electron chi connectivity index (χ0n) is 8.44. The minimum atomic E-state index is -0.246. The second-order valence-electron chi connectivity index (χ2n) is 3.39. The van der Waals surface area contributed by atoms with Crippen LogP contribution in [0.15, 0.2) is 30.5 Å². The van der Waals surface area contributed by atoms with Crippen molar-refractivity contribution in [1.29, 1.82) is 0 Å². The minimum Gasteiger partial charge on any atom is -0.326 e. The molecule has 3 nitrogen and oxygen atoms in total. The lowest BCUT2D eigenvalue weighted by Crippen LogP contribution is -1.96. The van der Waals surface area contributed by atoms with Crippen molar-refractivity contribution in [2.24, 2.45) is 12.8 Å². The van der Waals surface area contributed by atoms with E-state index >= 15 is 0 Å². The van der Waals surface area contributed by atoms with E-state index in [1.165, 1.54) is 12.1 Å². The van der Waals surface area contributed by atoms with Crippen molar-refractivity contribution < 1.29 is 4.39 Å². The first kappa shape index (κ1) is 9.86. The van der Waals surface area contributed by atoms with Gasteiger partial charge in [0.2, 0.25) is 0 Å². The van der Waals surface area contributed by atoms with E-state index in [1.807, 2.05) is 13.2 Å². The quantitative estimate of drug-likeness (QED) is 0.810. The summed E-state index contributed by atoms with van der Waals surface area (Å²) < 4.78 is 14.4. The van der Waals surface area contributed by atoms with Gasteiger partial charge < -0.3 is 5.73 Å². The highest BCUT2D eigenvalue weighted by Crippen LogP contribution is 2.21. The fourth-order valence-electron chi connectivity index (χ4n) is 1.54. The zero-order chi connectivity index (χ0) is 10.8. The summed E-state index contributed by atoms with van der Waals surface area (Å²) in [5.41, 5.74) is 8.27. The summed E-state index contributed by atoms with van der Waals surface area (Å²) in [4.78, 5) is 0. The molecule has 2 aromatic rings. The Hall–Kier alpha value is -1.68. The molecular weight excluding hydrogens is 193 g/mol. The molecule has 4 heteroatoms. The minimum absolute atomic E-state index is 0.246.